The summed E-state index contributed by atoms with van der Waals surface area (Å²) in [6, 6.07) is 7.45. The highest BCUT2D eigenvalue weighted by Crippen LogP contribution is 2.05. The highest BCUT2D eigenvalue weighted by atomic mass is 19.1. The van der Waals surface area contributed by atoms with Gasteiger partial charge in [-0.3, -0.25) is 4.39 Å². The normalized spacial score (nSPS) is 9.80. The van der Waals surface area contributed by atoms with Gasteiger partial charge in [-0.05, 0) is 18.1 Å². The monoisotopic (exact) mass is 136 g/mol. The second-order valence-electron chi connectivity index (χ2n) is 2.10. The fourth-order valence-electron chi connectivity index (χ4n) is 0.809. The van der Waals surface area contributed by atoms with Crippen molar-refractivity contribution in [3.05, 3.63) is 48.7 Å². The quantitative estimate of drug-likeness (QED) is 0.585. The van der Waals surface area contributed by atoms with E-state index in [4.69, 9.17) is 0 Å². The molecule has 0 spiro atoms. The number of rotatable bonds is 2. The number of hydrogen-bond donors (Lipinski definition) is 0. The van der Waals surface area contributed by atoms with Crippen LogP contribution < -0.4 is 0 Å². The average molecular weight is 136 g/mol. The third-order valence-corrected chi connectivity index (χ3v) is 1.26. The van der Waals surface area contributed by atoms with Crippen molar-refractivity contribution < 1.29 is 4.39 Å². The van der Waals surface area contributed by atoms with Gasteiger partial charge in [0.2, 0.25) is 0 Å². The molecule has 1 heteroatoms. The van der Waals surface area contributed by atoms with Crippen LogP contribution in [0.2, 0.25) is 0 Å². The second kappa shape index (κ2) is 3.35. The molecule has 0 aliphatic rings. The zero-order valence-corrected chi connectivity index (χ0v) is 5.68. The van der Waals surface area contributed by atoms with Crippen molar-refractivity contribution in [2.75, 3.05) is 6.67 Å². The molecule has 52 valence electrons. The van der Waals surface area contributed by atoms with Gasteiger partial charge in [-0.25, -0.2) is 0 Å². The molecular formula is C9H9F. The zero-order valence-electron chi connectivity index (χ0n) is 5.68. The zero-order chi connectivity index (χ0) is 7.40. The van der Waals surface area contributed by atoms with Crippen molar-refractivity contribution in [2.24, 2.45) is 0 Å². The van der Waals surface area contributed by atoms with E-state index in [0.717, 1.165) is 11.1 Å². The summed E-state index contributed by atoms with van der Waals surface area (Å²) in [5, 5.41) is 0. The molecule has 0 bridgehead atoms. The van der Waals surface area contributed by atoms with E-state index in [0.29, 0.717) is 0 Å². The highest BCUT2D eigenvalue weighted by molar-refractivity contribution is 5.29. The molecule has 0 aromatic heterocycles. The smallest absolute Gasteiger partial charge is 0.0969 e. The molecule has 0 unspecified atom stereocenters. The summed E-state index contributed by atoms with van der Waals surface area (Å²) in [7, 11) is 0. The highest BCUT2D eigenvalue weighted by Gasteiger charge is 1.91. The molecule has 0 nitrogen and oxygen atoms in total. The Labute approximate surface area is 60.7 Å². The Morgan fingerprint density at radius 3 is 2.90 bits per heavy atom. The summed E-state index contributed by atoms with van der Waals surface area (Å²) in [6.45, 7) is 3.31. The Kier molecular flexibility index (Phi) is 2.43. The number of benzene rings is 1. The Morgan fingerprint density at radius 1 is 1.50 bits per heavy atom. The molecule has 1 rings (SSSR count). The Hall–Kier alpha value is -0.850. The van der Waals surface area contributed by atoms with Crippen LogP contribution in [0.25, 0.3) is 0 Å². The van der Waals surface area contributed by atoms with Crippen molar-refractivity contribution in [2.45, 2.75) is 0 Å². The van der Waals surface area contributed by atoms with Crippen LogP contribution in [0.5, 0.6) is 0 Å². The standard InChI is InChI=1S/C9H9F/c1-8-3-2-4-9(7-8)5-6-10/h2-5,7H,1,6H2. The molecule has 0 atom stereocenters. The first kappa shape index (κ1) is 7.26. The van der Waals surface area contributed by atoms with Crippen LogP contribution in [0.15, 0.2) is 24.3 Å². The van der Waals surface area contributed by atoms with Crippen LogP contribution in [0.4, 0.5) is 4.39 Å². The minimum atomic E-state index is -0.413. The predicted molar refractivity (Wildman–Crippen MR) is 40.3 cm³/mol. The van der Waals surface area contributed by atoms with Gasteiger partial charge in [0.25, 0.3) is 0 Å². The van der Waals surface area contributed by atoms with Gasteiger partial charge < -0.3 is 0 Å². The molecule has 0 N–H and O–H groups in total. The van der Waals surface area contributed by atoms with Crippen molar-refractivity contribution in [3.63, 3.8) is 0 Å². The number of halogens is 1. The maximum absolute atomic E-state index is 11.7. The molecule has 1 aromatic carbocycles. The van der Waals surface area contributed by atoms with Gasteiger partial charge >= 0.3 is 0 Å². The summed E-state index contributed by atoms with van der Waals surface area (Å²) in [5.41, 5.74) is 1.82. The van der Waals surface area contributed by atoms with Crippen LogP contribution in [0, 0.1) is 13.3 Å². The molecule has 0 aliphatic carbocycles. The van der Waals surface area contributed by atoms with Gasteiger partial charge in [0.15, 0.2) is 0 Å². The van der Waals surface area contributed by atoms with E-state index in [1.807, 2.05) is 24.3 Å². The van der Waals surface area contributed by atoms with Crippen molar-refractivity contribution >= 4 is 0 Å². The van der Waals surface area contributed by atoms with E-state index in [9.17, 15) is 4.39 Å². The molecule has 0 amide bonds. The van der Waals surface area contributed by atoms with Gasteiger partial charge in [-0.1, -0.05) is 24.3 Å². The topological polar surface area (TPSA) is 0 Å². The maximum Gasteiger partial charge on any atom is 0.0969 e. The first-order chi connectivity index (χ1) is 4.83. The molecular weight excluding hydrogens is 127 g/mol. The third kappa shape index (κ3) is 1.83. The SMILES string of the molecule is [CH2]c1cccc([CH]CF)c1. The second-order valence-corrected chi connectivity index (χ2v) is 2.10. The molecule has 0 aliphatic heterocycles. The van der Waals surface area contributed by atoms with Crippen molar-refractivity contribution in [1.29, 1.82) is 0 Å². The Bertz CT molecular complexity index is 206. The van der Waals surface area contributed by atoms with E-state index >= 15 is 0 Å². The van der Waals surface area contributed by atoms with Gasteiger partial charge in [0.1, 0.15) is 0 Å². The Morgan fingerprint density at radius 2 is 2.30 bits per heavy atom. The summed E-state index contributed by atoms with van der Waals surface area (Å²) < 4.78 is 11.7. The molecule has 0 saturated carbocycles. The fraction of sp³-hybridized carbons (Fsp3) is 0.111. The van der Waals surface area contributed by atoms with E-state index in [2.05, 4.69) is 6.92 Å². The lowest BCUT2D eigenvalue weighted by atomic mass is 10.1. The third-order valence-electron chi connectivity index (χ3n) is 1.26. The van der Waals surface area contributed by atoms with Crippen LogP contribution in [-0.4, -0.2) is 6.67 Å². The fourth-order valence-corrected chi connectivity index (χ4v) is 0.809. The largest absolute Gasteiger partial charge is 0.250 e. The Balaban J connectivity index is 2.75. The van der Waals surface area contributed by atoms with Gasteiger partial charge in [0, 0.05) is 6.42 Å². The van der Waals surface area contributed by atoms with Crippen molar-refractivity contribution in [3.8, 4) is 0 Å². The molecule has 0 saturated heterocycles. The number of alkyl halides is 1. The van der Waals surface area contributed by atoms with E-state index in [-0.39, 0.29) is 0 Å². The molecule has 0 fully saturated rings. The summed E-state index contributed by atoms with van der Waals surface area (Å²) in [4.78, 5) is 0. The lowest BCUT2D eigenvalue weighted by Gasteiger charge is -1.96. The molecule has 10 heavy (non-hydrogen) atoms. The minimum Gasteiger partial charge on any atom is -0.250 e. The summed E-state index contributed by atoms with van der Waals surface area (Å²) >= 11 is 0. The van der Waals surface area contributed by atoms with E-state index in [1.165, 1.54) is 6.42 Å². The number of hydrogen-bond acceptors (Lipinski definition) is 0. The summed E-state index contributed by atoms with van der Waals surface area (Å²) in [5.74, 6) is 0. The lowest BCUT2D eigenvalue weighted by molar-refractivity contribution is 0.544. The minimum absolute atomic E-state index is 0.413. The predicted octanol–water partition coefficient (Wildman–Crippen LogP) is 2.39. The molecule has 0 heterocycles. The van der Waals surface area contributed by atoms with Crippen LogP contribution >= 0.6 is 0 Å². The van der Waals surface area contributed by atoms with E-state index < -0.39 is 6.67 Å². The van der Waals surface area contributed by atoms with E-state index in [1.54, 1.807) is 0 Å². The average Bonchev–Trinajstić information content (AvgIpc) is 1.88. The van der Waals surface area contributed by atoms with Crippen LogP contribution in [0.1, 0.15) is 11.1 Å². The first-order valence-corrected chi connectivity index (χ1v) is 3.14. The first-order valence-electron chi connectivity index (χ1n) is 3.14. The van der Waals surface area contributed by atoms with Gasteiger partial charge in [-0.2, -0.15) is 0 Å². The van der Waals surface area contributed by atoms with Crippen molar-refractivity contribution in [1.82, 2.24) is 0 Å². The van der Waals surface area contributed by atoms with Crippen LogP contribution in [-0.2, 0) is 0 Å². The lowest BCUT2D eigenvalue weighted by Crippen LogP contribution is -1.83. The van der Waals surface area contributed by atoms with Gasteiger partial charge in [0.05, 0.1) is 6.67 Å². The summed E-state index contributed by atoms with van der Waals surface area (Å²) in [6.07, 6.45) is 1.52. The molecule has 2 radical (unpaired) electrons. The maximum atomic E-state index is 11.7. The molecule has 1 aromatic rings. The van der Waals surface area contributed by atoms with Crippen LogP contribution in [0.3, 0.4) is 0 Å². The van der Waals surface area contributed by atoms with Gasteiger partial charge in [-0.15, -0.1) is 0 Å².